The molecule has 5 atom stereocenters. The molecule has 2 heterocycles. The summed E-state index contributed by atoms with van der Waals surface area (Å²) in [7, 11) is 1.68. The number of halogens is 3. The molecular weight excluding hydrogens is 625 g/mol. The van der Waals surface area contributed by atoms with Gasteiger partial charge in [-0.1, -0.05) is 48.5 Å². The van der Waals surface area contributed by atoms with Crippen LogP contribution in [0.2, 0.25) is 0 Å². The predicted octanol–water partition coefficient (Wildman–Crippen LogP) is 5.80. The molecule has 2 aliphatic heterocycles. The van der Waals surface area contributed by atoms with E-state index in [1.807, 2.05) is 24.3 Å². The fraction of sp³-hybridized carbons (Fsp3) is 0.405. The Labute approximate surface area is 276 Å². The van der Waals surface area contributed by atoms with E-state index in [1.54, 1.807) is 24.1 Å². The van der Waals surface area contributed by atoms with Crippen LogP contribution in [0, 0.1) is 0 Å². The third-order valence-corrected chi connectivity index (χ3v) is 10.7. The Kier molecular flexibility index (Phi) is 7.93. The lowest BCUT2D eigenvalue weighted by Crippen LogP contribution is -2.79. The fourth-order valence-electron chi connectivity index (χ4n) is 8.88. The van der Waals surface area contributed by atoms with Gasteiger partial charge in [-0.15, -0.1) is 13.2 Å². The van der Waals surface area contributed by atoms with Crippen LogP contribution in [0.4, 0.5) is 13.2 Å². The third kappa shape index (κ3) is 5.28. The lowest BCUT2D eigenvalue weighted by atomic mass is 9.48. The molecule has 2 unspecified atom stereocenters. The molecule has 2 fully saturated rings. The molecular formula is C37H37F3N2O6. The lowest BCUT2D eigenvalue weighted by Gasteiger charge is -2.65. The van der Waals surface area contributed by atoms with Crippen molar-refractivity contribution in [2.75, 3.05) is 20.1 Å². The maximum atomic E-state index is 13.7. The van der Waals surface area contributed by atoms with Crippen LogP contribution in [-0.2, 0) is 32.6 Å². The van der Waals surface area contributed by atoms with Gasteiger partial charge in [0, 0.05) is 32.2 Å². The van der Waals surface area contributed by atoms with E-state index >= 15 is 0 Å². The van der Waals surface area contributed by atoms with Crippen LogP contribution in [0.15, 0.2) is 72.8 Å². The summed E-state index contributed by atoms with van der Waals surface area (Å²) in [6.45, 7) is 2.93. The zero-order chi connectivity index (χ0) is 33.8. The van der Waals surface area contributed by atoms with Crippen molar-refractivity contribution in [1.82, 2.24) is 9.80 Å². The molecule has 2 bridgehead atoms. The minimum Gasteiger partial charge on any atom is -0.504 e. The Balaban J connectivity index is 1.22. The Hall–Kier alpha value is -4.51. The van der Waals surface area contributed by atoms with Crippen molar-refractivity contribution in [3.05, 3.63) is 95.1 Å². The van der Waals surface area contributed by atoms with Crippen LogP contribution in [0.25, 0.3) is 6.08 Å². The first-order valence-corrected chi connectivity index (χ1v) is 16.2. The maximum Gasteiger partial charge on any atom is 0.573 e. The Morgan fingerprint density at radius 1 is 1.10 bits per heavy atom. The largest absolute Gasteiger partial charge is 0.573 e. The Morgan fingerprint density at radius 3 is 2.65 bits per heavy atom. The molecule has 3 aromatic rings. The van der Waals surface area contributed by atoms with Gasteiger partial charge in [-0.25, -0.2) is 0 Å². The molecule has 11 heteroatoms. The standard InChI is InChI=1S/C37H37F3N2O6/c1-23(43)47-36-17-15-28(41(2)31(45)14-11-25-9-6-10-27(21-25)48-37(38,39)40)34-35(36)18-20-42(19-16-24-7-4-3-5-8-24)30(36)22-26-12-13-29(44)33(46-34)32(26)35/h3-14,21,28,30,34,44H,15-20,22H2,1-2H3/b14-11+/t28?,30-,34?,35+,36-/m1/s1. The molecule has 8 nitrogen and oxygen atoms in total. The van der Waals surface area contributed by atoms with Gasteiger partial charge in [0.1, 0.15) is 17.5 Å². The second kappa shape index (κ2) is 11.9. The highest BCUT2D eigenvalue weighted by Crippen LogP contribution is 2.67. The van der Waals surface area contributed by atoms with E-state index in [4.69, 9.17) is 9.47 Å². The summed E-state index contributed by atoms with van der Waals surface area (Å²) < 4.78 is 55.4. The number of hydrogen-bond acceptors (Lipinski definition) is 7. The van der Waals surface area contributed by atoms with E-state index in [9.17, 15) is 27.9 Å². The molecule has 3 aromatic carbocycles. The number of ether oxygens (including phenoxy) is 3. The van der Waals surface area contributed by atoms with Gasteiger partial charge in [0.2, 0.25) is 5.91 Å². The van der Waals surface area contributed by atoms with Crippen molar-refractivity contribution in [1.29, 1.82) is 0 Å². The fourth-order valence-corrected chi connectivity index (χ4v) is 8.88. The first-order valence-electron chi connectivity index (χ1n) is 16.2. The van der Waals surface area contributed by atoms with Gasteiger partial charge >= 0.3 is 12.3 Å². The van der Waals surface area contributed by atoms with Crippen LogP contribution >= 0.6 is 0 Å². The van der Waals surface area contributed by atoms with E-state index in [-0.39, 0.29) is 29.4 Å². The van der Waals surface area contributed by atoms with E-state index in [2.05, 4.69) is 21.8 Å². The number of nitrogens with zero attached hydrogens (tertiary/aromatic N) is 2. The number of likely N-dealkylation sites (tertiary alicyclic amines) is 1. The number of phenols is 1. The van der Waals surface area contributed by atoms with Crippen LogP contribution in [0.5, 0.6) is 17.2 Å². The van der Waals surface area contributed by atoms with E-state index in [0.717, 1.165) is 30.6 Å². The van der Waals surface area contributed by atoms with Crippen molar-refractivity contribution < 1.29 is 42.1 Å². The quantitative estimate of drug-likeness (QED) is 0.241. The zero-order valence-corrected chi connectivity index (χ0v) is 26.7. The van der Waals surface area contributed by atoms with Gasteiger partial charge < -0.3 is 24.2 Å². The van der Waals surface area contributed by atoms with Crippen LogP contribution < -0.4 is 9.47 Å². The number of likely N-dealkylation sites (N-methyl/N-ethyl adjacent to an activating group) is 1. The van der Waals surface area contributed by atoms with E-state index in [0.29, 0.717) is 37.0 Å². The molecule has 252 valence electrons. The second-order valence-corrected chi connectivity index (χ2v) is 13.2. The average molecular weight is 663 g/mol. The van der Waals surface area contributed by atoms with Crippen molar-refractivity contribution >= 4 is 18.0 Å². The van der Waals surface area contributed by atoms with Crippen molar-refractivity contribution in [2.24, 2.45) is 0 Å². The van der Waals surface area contributed by atoms with Crippen LogP contribution in [0.3, 0.4) is 0 Å². The van der Waals surface area contributed by atoms with Crippen LogP contribution in [0.1, 0.15) is 48.4 Å². The van der Waals surface area contributed by atoms with Crippen LogP contribution in [-0.4, -0.2) is 77.1 Å². The molecule has 1 spiro atoms. The number of aromatic hydroxyl groups is 1. The molecule has 0 aromatic heterocycles. The summed E-state index contributed by atoms with van der Waals surface area (Å²) in [6.07, 6.45) is 0.338. The minimum absolute atomic E-state index is 0.00721. The highest BCUT2D eigenvalue weighted by molar-refractivity contribution is 5.92. The van der Waals surface area contributed by atoms with Gasteiger partial charge in [-0.05, 0) is 79.6 Å². The smallest absolute Gasteiger partial charge is 0.504 e. The van der Waals surface area contributed by atoms with Crippen molar-refractivity contribution in [2.45, 2.75) is 74.6 Å². The number of rotatable bonds is 8. The molecule has 2 aliphatic carbocycles. The first-order chi connectivity index (χ1) is 22.9. The zero-order valence-electron chi connectivity index (χ0n) is 26.7. The van der Waals surface area contributed by atoms with Gasteiger partial charge in [-0.2, -0.15) is 0 Å². The second-order valence-electron chi connectivity index (χ2n) is 13.2. The Morgan fingerprint density at radius 2 is 1.90 bits per heavy atom. The minimum atomic E-state index is -4.83. The number of esters is 1. The number of piperidine rings is 1. The molecule has 1 saturated carbocycles. The monoisotopic (exact) mass is 662 g/mol. The summed E-state index contributed by atoms with van der Waals surface area (Å²) in [6, 6.07) is 18.7. The predicted molar refractivity (Wildman–Crippen MR) is 170 cm³/mol. The molecule has 0 radical (unpaired) electrons. The number of alkyl halides is 3. The van der Waals surface area contributed by atoms with Gasteiger partial charge in [0.25, 0.3) is 0 Å². The third-order valence-electron chi connectivity index (χ3n) is 10.7. The topological polar surface area (TPSA) is 88.5 Å². The normalized spacial score (nSPS) is 27.2. The number of carbonyl (C=O) groups excluding carboxylic acids is 2. The van der Waals surface area contributed by atoms with Gasteiger partial charge in [-0.3, -0.25) is 14.5 Å². The number of benzene rings is 3. The summed E-state index contributed by atoms with van der Waals surface area (Å²) in [5.74, 6) is -0.742. The summed E-state index contributed by atoms with van der Waals surface area (Å²) in [5, 5.41) is 11.1. The van der Waals surface area contributed by atoms with Gasteiger partial charge in [0.05, 0.1) is 17.5 Å². The molecule has 48 heavy (non-hydrogen) atoms. The highest BCUT2D eigenvalue weighted by atomic mass is 19.4. The number of hydrogen-bond donors (Lipinski definition) is 1. The first kappa shape index (κ1) is 32.1. The van der Waals surface area contributed by atoms with E-state index < -0.39 is 29.5 Å². The number of phenolic OH excluding ortho intramolecular Hbond substituents is 1. The molecule has 1 saturated heterocycles. The molecule has 1 N–H and O–H groups in total. The SMILES string of the molecule is CC(=O)O[C@@]12CCC(N(C)C(=O)/C=C/c3cccc(OC(F)(F)F)c3)C3Oc4c(O)ccc5c4[C@@]31CCN(CCc1ccccc1)[C@@H]2C5. The maximum absolute atomic E-state index is 13.7. The Bertz CT molecular complexity index is 1760. The summed E-state index contributed by atoms with van der Waals surface area (Å²) in [4.78, 5) is 30.6. The summed E-state index contributed by atoms with van der Waals surface area (Å²) >= 11 is 0. The highest BCUT2D eigenvalue weighted by Gasteiger charge is 2.75. The molecule has 1 amide bonds. The molecule has 7 rings (SSSR count). The molecule has 4 aliphatic rings. The number of carbonyl (C=O) groups is 2. The van der Waals surface area contributed by atoms with E-state index in [1.165, 1.54) is 42.8 Å². The lowest BCUT2D eigenvalue weighted by molar-refractivity contribution is -0.274. The van der Waals surface area contributed by atoms with Crippen molar-refractivity contribution in [3.63, 3.8) is 0 Å². The van der Waals surface area contributed by atoms with Gasteiger partial charge in [0.15, 0.2) is 11.5 Å². The average Bonchev–Trinajstić information content (AvgIpc) is 3.39. The summed E-state index contributed by atoms with van der Waals surface area (Å²) in [5.41, 5.74) is 1.75. The number of amides is 1. The van der Waals surface area contributed by atoms with Crippen molar-refractivity contribution in [3.8, 4) is 17.2 Å².